The first-order valence-corrected chi connectivity index (χ1v) is 13.0. The fraction of sp³-hybridized carbons (Fsp3) is 0.200. The highest BCUT2D eigenvalue weighted by Crippen LogP contribution is 2.39. The van der Waals surface area contributed by atoms with Gasteiger partial charge in [-0.05, 0) is 81.0 Å². The summed E-state index contributed by atoms with van der Waals surface area (Å²) in [7, 11) is 0. The smallest absolute Gasteiger partial charge is 0.00331 e. The molecule has 0 saturated heterocycles. The van der Waals surface area contributed by atoms with Gasteiger partial charge in [0.05, 0.1) is 0 Å². The van der Waals surface area contributed by atoms with Crippen molar-refractivity contribution in [3.8, 4) is 0 Å². The summed E-state index contributed by atoms with van der Waals surface area (Å²) in [6.45, 7) is 2.41. The Hall–Kier alpha value is -3.64. The van der Waals surface area contributed by atoms with Crippen molar-refractivity contribution < 1.29 is 0 Å². The minimum absolute atomic E-state index is 0.338. The van der Waals surface area contributed by atoms with Crippen molar-refractivity contribution in [2.75, 3.05) is 0 Å². The van der Waals surface area contributed by atoms with Crippen LogP contribution >= 0.6 is 0 Å². The van der Waals surface area contributed by atoms with Gasteiger partial charge in [-0.3, -0.25) is 0 Å². The molecule has 2 atom stereocenters. The Labute approximate surface area is 208 Å². The van der Waals surface area contributed by atoms with Crippen LogP contribution in [0.15, 0.2) is 109 Å². The third-order valence-corrected chi connectivity index (χ3v) is 7.85. The van der Waals surface area contributed by atoms with E-state index in [-0.39, 0.29) is 0 Å². The molecule has 6 rings (SSSR count). The Balaban J connectivity index is 1.52. The number of rotatable bonds is 2. The number of fused-ring (bicyclic) bond motifs is 12. The molecule has 4 bridgehead atoms. The molecule has 1 aliphatic rings. The van der Waals surface area contributed by atoms with Gasteiger partial charge in [0.1, 0.15) is 0 Å². The summed E-state index contributed by atoms with van der Waals surface area (Å²) in [5.41, 5.74) is 7.13. The van der Waals surface area contributed by atoms with Crippen molar-refractivity contribution in [1.82, 2.24) is 0 Å². The largest absolute Gasteiger partial charge is 0.0764 e. The van der Waals surface area contributed by atoms with Gasteiger partial charge in [0.15, 0.2) is 0 Å². The molecule has 5 aromatic carbocycles. The van der Waals surface area contributed by atoms with Gasteiger partial charge in [-0.25, -0.2) is 0 Å². The quantitative estimate of drug-likeness (QED) is 0.250. The summed E-state index contributed by atoms with van der Waals surface area (Å²) in [5, 5.41) is 5.70. The van der Waals surface area contributed by atoms with Crippen LogP contribution < -0.4 is 0 Å². The van der Waals surface area contributed by atoms with Crippen LogP contribution in [-0.2, 0) is 12.8 Å². The molecule has 0 spiro atoms. The monoisotopic (exact) mass is 452 g/mol. The maximum atomic E-state index is 2.44. The summed E-state index contributed by atoms with van der Waals surface area (Å²) >= 11 is 0. The van der Waals surface area contributed by atoms with Gasteiger partial charge < -0.3 is 0 Å². The maximum absolute atomic E-state index is 2.44. The first-order valence-electron chi connectivity index (χ1n) is 13.0. The number of aryl methyl sites for hydroxylation is 2. The van der Waals surface area contributed by atoms with Gasteiger partial charge in [-0.15, -0.1) is 0 Å². The Morgan fingerprint density at radius 2 is 1.11 bits per heavy atom. The molecule has 0 aromatic heterocycles. The minimum atomic E-state index is 0.338. The summed E-state index contributed by atoms with van der Waals surface area (Å²) < 4.78 is 0. The van der Waals surface area contributed by atoms with Crippen molar-refractivity contribution in [3.63, 3.8) is 0 Å². The zero-order chi connectivity index (χ0) is 23.6. The lowest BCUT2D eigenvalue weighted by atomic mass is 9.80. The van der Waals surface area contributed by atoms with Crippen LogP contribution in [0, 0.1) is 0 Å². The molecule has 0 N–H and O–H groups in total. The number of benzene rings is 5. The molecule has 0 radical (unpaired) electrons. The topological polar surface area (TPSA) is 0 Å². The average Bonchev–Trinajstić information content (AvgIpc) is 2.91. The van der Waals surface area contributed by atoms with Gasteiger partial charge >= 0.3 is 0 Å². The normalized spacial score (nSPS) is 18.4. The van der Waals surface area contributed by atoms with E-state index in [1.807, 2.05) is 0 Å². The second-order valence-corrected chi connectivity index (χ2v) is 10.1. The maximum Gasteiger partial charge on any atom is 0.00331 e. The van der Waals surface area contributed by atoms with Gasteiger partial charge in [-0.1, -0.05) is 122 Å². The van der Waals surface area contributed by atoms with Gasteiger partial charge in [0, 0.05) is 5.92 Å². The molecule has 0 nitrogen and oxygen atoms in total. The molecule has 0 saturated carbocycles. The molecule has 0 fully saturated rings. The van der Waals surface area contributed by atoms with Crippen LogP contribution in [0.3, 0.4) is 0 Å². The Bertz CT molecular complexity index is 1510. The molecule has 172 valence electrons. The van der Waals surface area contributed by atoms with Crippen molar-refractivity contribution in [1.29, 1.82) is 0 Å². The van der Waals surface area contributed by atoms with Crippen LogP contribution in [0.4, 0.5) is 0 Å². The molecule has 0 amide bonds. The highest BCUT2D eigenvalue weighted by atomic mass is 14.2. The summed E-state index contributed by atoms with van der Waals surface area (Å²) in [6.07, 6.45) is 9.22. The molecule has 0 heteroatoms. The zero-order valence-electron chi connectivity index (χ0n) is 20.5. The predicted molar refractivity (Wildman–Crippen MR) is 151 cm³/mol. The number of hydrogen-bond acceptors (Lipinski definition) is 0. The molecule has 35 heavy (non-hydrogen) atoms. The standard InChI is InChI=1S/C35H32/c1-25-24-29(19-18-26-10-3-2-4-11-26)33-23-21-28(32-15-6-8-17-35(32)33)13-9-12-27-20-22-30(25)34-16-7-5-14-31(27)34/h2-8,10-11,14-23,25,29H,9,12-13,24H2,1H3/b19-18+/t25-,29-/m1/s1. The zero-order valence-corrected chi connectivity index (χ0v) is 20.5. The molecule has 1 aliphatic carbocycles. The van der Waals surface area contributed by atoms with Crippen LogP contribution in [0.25, 0.3) is 27.6 Å². The van der Waals surface area contributed by atoms with Gasteiger partial charge in [-0.2, -0.15) is 0 Å². The van der Waals surface area contributed by atoms with Crippen molar-refractivity contribution >= 4 is 27.6 Å². The van der Waals surface area contributed by atoms with Crippen molar-refractivity contribution in [2.45, 2.75) is 44.4 Å². The van der Waals surface area contributed by atoms with Crippen LogP contribution in [0.1, 0.15) is 59.4 Å². The lowest BCUT2D eigenvalue weighted by molar-refractivity contribution is 0.636. The SMILES string of the molecule is C[C@@H]1C[C@@H](/C=C/c2ccccc2)c2ccc(c3ccccc23)CCCc2ccc1c1ccccc21. The highest BCUT2D eigenvalue weighted by Gasteiger charge is 2.20. The summed E-state index contributed by atoms with van der Waals surface area (Å²) in [4.78, 5) is 0. The Morgan fingerprint density at radius 3 is 1.77 bits per heavy atom. The second kappa shape index (κ2) is 9.55. The van der Waals surface area contributed by atoms with Crippen LogP contribution in [0.5, 0.6) is 0 Å². The Kier molecular flexibility index (Phi) is 5.96. The second-order valence-electron chi connectivity index (χ2n) is 10.1. The Morgan fingerprint density at radius 1 is 0.571 bits per heavy atom. The van der Waals surface area contributed by atoms with Gasteiger partial charge in [0.25, 0.3) is 0 Å². The minimum Gasteiger partial charge on any atom is -0.0764 e. The van der Waals surface area contributed by atoms with E-state index in [0.717, 1.165) is 19.3 Å². The molecular weight excluding hydrogens is 420 g/mol. The van der Waals surface area contributed by atoms with E-state index in [1.54, 1.807) is 0 Å². The molecular formula is C35H32. The van der Waals surface area contributed by atoms with Crippen molar-refractivity contribution in [2.24, 2.45) is 0 Å². The van der Waals surface area contributed by atoms with E-state index in [1.165, 1.54) is 55.8 Å². The fourth-order valence-corrected chi connectivity index (χ4v) is 6.04. The number of hydrogen-bond donors (Lipinski definition) is 0. The summed E-state index contributed by atoms with van der Waals surface area (Å²) in [5.74, 6) is 0.784. The summed E-state index contributed by atoms with van der Waals surface area (Å²) in [6, 6.07) is 38.4. The van der Waals surface area contributed by atoms with Crippen molar-refractivity contribution in [3.05, 3.63) is 137 Å². The predicted octanol–water partition coefficient (Wildman–Crippen LogP) is 9.47. The first-order chi connectivity index (χ1) is 17.3. The number of allylic oxidation sites excluding steroid dienone is 1. The molecule has 5 aromatic rings. The fourth-order valence-electron chi connectivity index (χ4n) is 6.04. The van der Waals surface area contributed by atoms with Crippen LogP contribution in [-0.4, -0.2) is 0 Å². The molecule has 0 aliphatic heterocycles. The third kappa shape index (κ3) is 4.30. The third-order valence-electron chi connectivity index (χ3n) is 7.85. The van der Waals surface area contributed by atoms with Gasteiger partial charge in [0.2, 0.25) is 0 Å². The van der Waals surface area contributed by atoms with E-state index < -0.39 is 0 Å². The lowest BCUT2D eigenvalue weighted by Gasteiger charge is -2.24. The van der Waals surface area contributed by atoms with E-state index in [9.17, 15) is 0 Å². The van der Waals surface area contributed by atoms with E-state index in [0.29, 0.717) is 11.8 Å². The van der Waals surface area contributed by atoms with E-state index in [2.05, 4.69) is 122 Å². The van der Waals surface area contributed by atoms with Crippen LogP contribution in [0.2, 0.25) is 0 Å². The molecule has 0 heterocycles. The lowest BCUT2D eigenvalue weighted by Crippen LogP contribution is -2.06. The highest BCUT2D eigenvalue weighted by molar-refractivity contribution is 5.91. The van der Waals surface area contributed by atoms with E-state index >= 15 is 0 Å². The average molecular weight is 453 g/mol. The first kappa shape index (κ1) is 21.9. The van der Waals surface area contributed by atoms with E-state index in [4.69, 9.17) is 0 Å². The molecule has 0 unspecified atom stereocenters.